The van der Waals surface area contributed by atoms with Crippen molar-refractivity contribution in [3.05, 3.63) is 35.6 Å². The van der Waals surface area contributed by atoms with Crippen molar-refractivity contribution in [1.82, 2.24) is 0 Å². The molecule has 1 saturated heterocycles. The van der Waals surface area contributed by atoms with Crippen molar-refractivity contribution >= 4 is 28.6 Å². The molecule has 0 saturated carbocycles. The summed E-state index contributed by atoms with van der Waals surface area (Å²) in [5.41, 5.74) is 0.976. The number of cyclic esters (lactones) is 1. The number of carbonyl (C=O) groups is 1. The number of esters is 1. The van der Waals surface area contributed by atoms with Gasteiger partial charge < -0.3 is 4.74 Å². The summed E-state index contributed by atoms with van der Waals surface area (Å²) in [5, 5.41) is 0. The van der Waals surface area contributed by atoms with Gasteiger partial charge in [0, 0.05) is 10.3 Å². The van der Waals surface area contributed by atoms with Gasteiger partial charge in [0.05, 0.1) is 6.42 Å². The monoisotopic (exact) mass is 320 g/mol. The second-order valence-electron chi connectivity index (χ2n) is 3.54. The summed E-state index contributed by atoms with van der Waals surface area (Å²) in [4.78, 5) is 11.2. The Kier molecular flexibility index (Phi) is 3.23. The number of carbonyl (C=O) groups excluding carboxylic acids is 1. The van der Waals surface area contributed by atoms with Gasteiger partial charge in [-0.15, -0.1) is 0 Å². The zero-order valence-electron chi connectivity index (χ0n) is 7.95. The highest BCUT2D eigenvalue weighted by atomic mass is 127. The number of halogens is 2. The fourth-order valence-corrected chi connectivity index (χ4v) is 2.59. The molecule has 0 N–H and O–H groups in total. The van der Waals surface area contributed by atoms with Crippen LogP contribution in [0.4, 0.5) is 4.39 Å². The molecule has 1 aromatic carbocycles. The maximum absolute atomic E-state index is 12.7. The maximum atomic E-state index is 12.7. The summed E-state index contributed by atoms with van der Waals surface area (Å²) in [7, 11) is 0. The Morgan fingerprint density at radius 3 is 2.67 bits per heavy atom. The average molecular weight is 320 g/mol. The Morgan fingerprint density at radius 2 is 2.07 bits per heavy atom. The first kappa shape index (κ1) is 10.9. The molecular formula is C11H10FIO2. The first-order chi connectivity index (χ1) is 7.20. The Morgan fingerprint density at radius 1 is 1.40 bits per heavy atom. The number of ether oxygens (including phenoxy) is 1. The third-order valence-corrected chi connectivity index (χ3v) is 3.44. The van der Waals surface area contributed by atoms with E-state index in [0.29, 0.717) is 6.42 Å². The van der Waals surface area contributed by atoms with Gasteiger partial charge in [-0.3, -0.25) is 4.79 Å². The third-order valence-electron chi connectivity index (χ3n) is 2.57. The molecule has 0 spiro atoms. The van der Waals surface area contributed by atoms with Gasteiger partial charge in [0.15, 0.2) is 0 Å². The van der Waals surface area contributed by atoms with E-state index >= 15 is 0 Å². The fourth-order valence-electron chi connectivity index (χ4n) is 1.79. The predicted octanol–water partition coefficient (Wildman–Crippen LogP) is 2.66. The number of hydrogen-bond donors (Lipinski definition) is 0. The standard InChI is InChI=1S/C11H10FIO2/c12-8-3-1-7(2-4-8)9-5-11(14)15-10(9)6-13/h1-4,9-10H,5-6H2/t9-,10-/m0/s1. The van der Waals surface area contributed by atoms with Gasteiger partial charge in [0.1, 0.15) is 11.9 Å². The van der Waals surface area contributed by atoms with E-state index in [9.17, 15) is 9.18 Å². The normalized spacial score (nSPS) is 25.3. The van der Waals surface area contributed by atoms with Crippen LogP contribution in [0.2, 0.25) is 0 Å². The van der Waals surface area contributed by atoms with E-state index in [1.165, 1.54) is 12.1 Å². The minimum Gasteiger partial charge on any atom is -0.461 e. The first-order valence-corrected chi connectivity index (χ1v) is 6.24. The fraction of sp³-hybridized carbons (Fsp3) is 0.364. The number of hydrogen-bond acceptors (Lipinski definition) is 2. The molecule has 1 heterocycles. The van der Waals surface area contributed by atoms with E-state index in [2.05, 4.69) is 22.6 Å². The van der Waals surface area contributed by atoms with Crippen LogP contribution in [0.25, 0.3) is 0 Å². The van der Waals surface area contributed by atoms with E-state index in [4.69, 9.17) is 4.74 Å². The van der Waals surface area contributed by atoms with Gasteiger partial charge in [-0.25, -0.2) is 4.39 Å². The molecule has 2 atom stereocenters. The average Bonchev–Trinajstić information content (AvgIpc) is 2.61. The topological polar surface area (TPSA) is 26.3 Å². The van der Waals surface area contributed by atoms with Crippen LogP contribution < -0.4 is 0 Å². The van der Waals surface area contributed by atoms with Gasteiger partial charge >= 0.3 is 5.97 Å². The lowest BCUT2D eigenvalue weighted by atomic mass is 9.93. The second-order valence-corrected chi connectivity index (χ2v) is 4.43. The van der Waals surface area contributed by atoms with Crippen molar-refractivity contribution in [2.24, 2.45) is 0 Å². The summed E-state index contributed by atoms with van der Waals surface area (Å²) in [5.74, 6) is -0.337. The molecule has 2 rings (SSSR count). The van der Waals surface area contributed by atoms with Gasteiger partial charge in [-0.05, 0) is 17.7 Å². The van der Waals surface area contributed by atoms with E-state index in [0.717, 1.165) is 9.99 Å². The van der Waals surface area contributed by atoms with Crippen LogP contribution in [0.3, 0.4) is 0 Å². The second kappa shape index (κ2) is 4.47. The SMILES string of the molecule is O=C1C[C@@H](c2ccc(F)cc2)[C@H](CI)O1. The van der Waals surface area contributed by atoms with Crippen molar-refractivity contribution in [3.63, 3.8) is 0 Å². The molecule has 1 aliphatic heterocycles. The van der Waals surface area contributed by atoms with E-state index in [1.807, 2.05) is 0 Å². The molecule has 0 radical (unpaired) electrons. The van der Waals surface area contributed by atoms with Crippen LogP contribution in [0.5, 0.6) is 0 Å². The zero-order valence-corrected chi connectivity index (χ0v) is 10.1. The zero-order chi connectivity index (χ0) is 10.8. The van der Waals surface area contributed by atoms with E-state index < -0.39 is 0 Å². The molecule has 1 aliphatic rings. The van der Waals surface area contributed by atoms with Gasteiger partial charge in [0.25, 0.3) is 0 Å². The summed E-state index contributed by atoms with van der Waals surface area (Å²) in [6.45, 7) is 0. The summed E-state index contributed by atoms with van der Waals surface area (Å²) >= 11 is 2.20. The van der Waals surface area contributed by atoms with Crippen molar-refractivity contribution in [2.45, 2.75) is 18.4 Å². The van der Waals surface area contributed by atoms with Crippen molar-refractivity contribution in [3.8, 4) is 0 Å². The van der Waals surface area contributed by atoms with Gasteiger partial charge in [-0.1, -0.05) is 34.7 Å². The molecule has 1 aromatic rings. The van der Waals surface area contributed by atoms with Crippen molar-refractivity contribution in [1.29, 1.82) is 0 Å². The van der Waals surface area contributed by atoms with E-state index in [1.54, 1.807) is 12.1 Å². The van der Waals surface area contributed by atoms with Crippen LogP contribution in [-0.4, -0.2) is 16.5 Å². The number of alkyl halides is 1. The molecule has 0 aromatic heterocycles. The quantitative estimate of drug-likeness (QED) is 0.476. The molecule has 0 amide bonds. The van der Waals surface area contributed by atoms with Crippen LogP contribution in [0, 0.1) is 5.82 Å². The highest BCUT2D eigenvalue weighted by molar-refractivity contribution is 14.1. The van der Waals surface area contributed by atoms with Gasteiger partial charge in [-0.2, -0.15) is 0 Å². The molecule has 4 heteroatoms. The van der Waals surface area contributed by atoms with Gasteiger partial charge in [0.2, 0.25) is 0 Å². The highest BCUT2D eigenvalue weighted by Crippen LogP contribution is 2.33. The lowest BCUT2D eigenvalue weighted by Crippen LogP contribution is -2.15. The van der Waals surface area contributed by atoms with Crippen LogP contribution in [0.1, 0.15) is 17.9 Å². The van der Waals surface area contributed by atoms with Crippen LogP contribution in [-0.2, 0) is 9.53 Å². The Bertz CT molecular complexity index is 363. The molecular weight excluding hydrogens is 310 g/mol. The summed E-state index contributed by atoms with van der Waals surface area (Å²) in [6, 6.07) is 6.29. The largest absolute Gasteiger partial charge is 0.461 e. The third kappa shape index (κ3) is 2.30. The molecule has 0 unspecified atom stereocenters. The minimum absolute atomic E-state index is 0.0661. The number of benzene rings is 1. The molecule has 0 aliphatic carbocycles. The Balaban J connectivity index is 2.22. The van der Waals surface area contributed by atoms with E-state index in [-0.39, 0.29) is 23.8 Å². The molecule has 2 nitrogen and oxygen atoms in total. The smallest absolute Gasteiger partial charge is 0.306 e. The minimum atomic E-state index is -0.255. The molecule has 15 heavy (non-hydrogen) atoms. The lowest BCUT2D eigenvalue weighted by Gasteiger charge is -2.14. The summed E-state index contributed by atoms with van der Waals surface area (Å²) in [6.07, 6.45) is 0.336. The Labute approximate surface area is 101 Å². The number of rotatable bonds is 2. The predicted molar refractivity (Wildman–Crippen MR) is 62.5 cm³/mol. The van der Waals surface area contributed by atoms with Crippen LogP contribution in [0.15, 0.2) is 24.3 Å². The summed E-state index contributed by atoms with van der Waals surface area (Å²) < 4.78 is 18.7. The van der Waals surface area contributed by atoms with Crippen molar-refractivity contribution < 1.29 is 13.9 Å². The first-order valence-electron chi connectivity index (χ1n) is 4.71. The molecule has 0 bridgehead atoms. The van der Waals surface area contributed by atoms with Crippen LogP contribution >= 0.6 is 22.6 Å². The lowest BCUT2D eigenvalue weighted by molar-refractivity contribution is -0.140. The van der Waals surface area contributed by atoms with Crippen molar-refractivity contribution in [2.75, 3.05) is 4.43 Å². The highest BCUT2D eigenvalue weighted by Gasteiger charge is 2.34. The maximum Gasteiger partial charge on any atom is 0.306 e. The molecule has 80 valence electrons. The molecule has 1 fully saturated rings. The Hall–Kier alpha value is -0.650.